The number of carbonyl (C=O) groups is 1. The average Bonchev–Trinajstić information content (AvgIpc) is 3.20. The molecule has 150 valence electrons. The molecule has 2 fully saturated rings. The number of carbonyl (C=O) groups excluding carboxylic acids is 1. The van der Waals surface area contributed by atoms with E-state index in [-0.39, 0.29) is 18.1 Å². The Morgan fingerprint density at radius 3 is 2.57 bits per heavy atom. The van der Waals surface area contributed by atoms with Crippen LogP contribution in [-0.4, -0.2) is 49.8 Å². The van der Waals surface area contributed by atoms with E-state index in [1.165, 1.54) is 0 Å². The predicted molar refractivity (Wildman–Crippen MR) is 105 cm³/mol. The quantitative estimate of drug-likeness (QED) is 0.575. The summed E-state index contributed by atoms with van der Waals surface area (Å²) in [6.07, 6.45) is 2.27. The fourth-order valence-corrected chi connectivity index (χ4v) is 4.46. The van der Waals surface area contributed by atoms with Gasteiger partial charge < -0.3 is 18.9 Å². The molecule has 1 spiro atoms. The third kappa shape index (κ3) is 2.70. The molecular weight excluding hydrogens is 358 g/mol. The van der Waals surface area contributed by atoms with Crippen LogP contribution in [-0.2, 0) is 19.0 Å². The van der Waals surface area contributed by atoms with E-state index in [1.54, 1.807) is 12.0 Å². The number of amides is 1. The number of hydrogen-bond acceptors (Lipinski definition) is 5. The molecule has 0 bridgehead atoms. The van der Waals surface area contributed by atoms with Crippen LogP contribution >= 0.6 is 0 Å². The van der Waals surface area contributed by atoms with Crippen LogP contribution < -0.4 is 9.64 Å². The maximum absolute atomic E-state index is 13.4. The minimum Gasteiger partial charge on any atom is -0.497 e. The van der Waals surface area contributed by atoms with E-state index >= 15 is 0 Å². The molecule has 1 amide bonds. The Hall–Kier alpha value is -2.15. The molecule has 2 saturated heterocycles. The first-order valence-corrected chi connectivity index (χ1v) is 9.57. The molecule has 3 aliphatic heterocycles. The predicted octanol–water partition coefficient (Wildman–Crippen LogP) is 3.22. The van der Waals surface area contributed by atoms with E-state index in [2.05, 4.69) is 6.58 Å². The van der Waals surface area contributed by atoms with Crippen molar-refractivity contribution < 1.29 is 23.7 Å². The smallest absolute Gasteiger partial charge is 0.266 e. The molecule has 0 aromatic heterocycles. The summed E-state index contributed by atoms with van der Waals surface area (Å²) in [6.45, 7) is 10.4. The molecule has 1 aromatic rings. The summed E-state index contributed by atoms with van der Waals surface area (Å²) in [5.41, 5.74) is 1.89. The number of allylic oxidation sites excluding steroid dienone is 1. The standard InChI is InChI=1S/C22H27NO5/c1-6-7-15-12-27-22(14(15)2)19(18-13-26-21(3,4)28-18)23(20(22)24)16-8-10-17(25-5)11-9-16/h6,8-11,18-19H,1,7,12-13H2,2-5H3/t18-,19+,22-/m1/s1. The average molecular weight is 385 g/mol. The Morgan fingerprint density at radius 1 is 1.29 bits per heavy atom. The fourth-order valence-electron chi connectivity index (χ4n) is 4.46. The number of anilines is 1. The first-order valence-electron chi connectivity index (χ1n) is 9.57. The summed E-state index contributed by atoms with van der Waals surface area (Å²) in [4.78, 5) is 15.2. The van der Waals surface area contributed by atoms with Crippen LogP contribution in [0.3, 0.4) is 0 Å². The SMILES string of the molecule is C=CCC1=C(C)[C@]2(OC1)C(=O)N(c1ccc(OC)cc1)[C@H]2[C@H]1COC(C)(C)O1. The summed E-state index contributed by atoms with van der Waals surface area (Å²) in [7, 11) is 1.62. The van der Waals surface area contributed by atoms with Gasteiger partial charge in [-0.05, 0) is 62.6 Å². The maximum Gasteiger partial charge on any atom is 0.266 e. The highest BCUT2D eigenvalue weighted by atomic mass is 16.7. The van der Waals surface area contributed by atoms with Gasteiger partial charge in [0.05, 0.1) is 20.3 Å². The highest BCUT2D eigenvalue weighted by molar-refractivity contribution is 6.11. The Kier molecular flexibility index (Phi) is 4.61. The van der Waals surface area contributed by atoms with Crippen molar-refractivity contribution in [2.75, 3.05) is 25.2 Å². The number of nitrogens with zero attached hydrogens (tertiary/aromatic N) is 1. The third-order valence-corrected chi connectivity index (χ3v) is 5.92. The van der Waals surface area contributed by atoms with Gasteiger partial charge in [-0.1, -0.05) is 6.08 Å². The van der Waals surface area contributed by atoms with Crippen molar-refractivity contribution in [1.82, 2.24) is 0 Å². The molecule has 0 saturated carbocycles. The van der Waals surface area contributed by atoms with Crippen LogP contribution in [0.5, 0.6) is 5.75 Å². The Balaban J connectivity index is 1.73. The maximum atomic E-state index is 13.4. The largest absolute Gasteiger partial charge is 0.497 e. The molecule has 4 rings (SSSR count). The van der Waals surface area contributed by atoms with Crippen LogP contribution in [0, 0.1) is 0 Å². The zero-order valence-electron chi connectivity index (χ0n) is 16.9. The normalized spacial score (nSPS) is 31.4. The lowest BCUT2D eigenvalue weighted by atomic mass is 9.73. The van der Waals surface area contributed by atoms with Gasteiger partial charge in [-0.15, -0.1) is 6.58 Å². The molecule has 1 aromatic carbocycles. The summed E-state index contributed by atoms with van der Waals surface area (Å²) < 4.78 is 23.4. The van der Waals surface area contributed by atoms with Crippen LogP contribution in [0.1, 0.15) is 27.2 Å². The molecule has 3 aliphatic rings. The highest BCUT2D eigenvalue weighted by Crippen LogP contribution is 2.51. The fraction of sp³-hybridized carbons (Fsp3) is 0.500. The molecule has 6 heteroatoms. The zero-order chi connectivity index (χ0) is 20.1. The van der Waals surface area contributed by atoms with Crippen molar-refractivity contribution in [1.29, 1.82) is 0 Å². The van der Waals surface area contributed by atoms with E-state index in [0.717, 1.165) is 22.6 Å². The summed E-state index contributed by atoms with van der Waals surface area (Å²) in [5.74, 6) is -0.00506. The second-order valence-electron chi connectivity index (χ2n) is 7.93. The second kappa shape index (κ2) is 6.72. The molecule has 0 N–H and O–H groups in total. The van der Waals surface area contributed by atoms with Crippen molar-refractivity contribution in [2.45, 2.75) is 50.7 Å². The number of methoxy groups -OCH3 is 1. The number of hydrogen-bond donors (Lipinski definition) is 0. The van der Waals surface area contributed by atoms with Crippen LogP contribution in [0.25, 0.3) is 0 Å². The second-order valence-corrected chi connectivity index (χ2v) is 7.93. The van der Waals surface area contributed by atoms with Gasteiger partial charge in [-0.25, -0.2) is 0 Å². The van der Waals surface area contributed by atoms with Gasteiger partial charge in [0.25, 0.3) is 5.91 Å². The molecule has 0 unspecified atom stereocenters. The number of benzene rings is 1. The van der Waals surface area contributed by atoms with E-state index in [0.29, 0.717) is 19.6 Å². The summed E-state index contributed by atoms with van der Waals surface area (Å²) >= 11 is 0. The molecule has 3 heterocycles. The first kappa shape index (κ1) is 19.2. The van der Waals surface area contributed by atoms with Crippen LogP contribution in [0.4, 0.5) is 5.69 Å². The van der Waals surface area contributed by atoms with Gasteiger partial charge in [0.15, 0.2) is 11.4 Å². The lowest BCUT2D eigenvalue weighted by molar-refractivity contribution is -0.172. The highest BCUT2D eigenvalue weighted by Gasteiger charge is 2.69. The van der Waals surface area contributed by atoms with Gasteiger partial charge >= 0.3 is 0 Å². The topological polar surface area (TPSA) is 57.2 Å². The van der Waals surface area contributed by atoms with Gasteiger partial charge in [0, 0.05) is 5.69 Å². The van der Waals surface area contributed by atoms with Gasteiger partial charge in [0.1, 0.15) is 17.9 Å². The number of rotatable bonds is 5. The number of β-lactam (4-membered cyclic amide) rings is 1. The van der Waals surface area contributed by atoms with Crippen molar-refractivity contribution in [3.63, 3.8) is 0 Å². The Labute approximate surface area is 165 Å². The van der Waals surface area contributed by atoms with E-state index in [1.807, 2.05) is 51.1 Å². The van der Waals surface area contributed by atoms with Crippen LogP contribution in [0.2, 0.25) is 0 Å². The minimum absolute atomic E-state index is 0.0625. The zero-order valence-corrected chi connectivity index (χ0v) is 16.9. The molecule has 3 atom stereocenters. The summed E-state index contributed by atoms with van der Waals surface area (Å²) in [5, 5.41) is 0. The van der Waals surface area contributed by atoms with Crippen LogP contribution in [0.15, 0.2) is 48.1 Å². The van der Waals surface area contributed by atoms with E-state index in [4.69, 9.17) is 18.9 Å². The third-order valence-electron chi connectivity index (χ3n) is 5.92. The molecule has 6 nitrogen and oxygen atoms in total. The molecular formula is C22H27NO5. The van der Waals surface area contributed by atoms with Gasteiger partial charge in [0.2, 0.25) is 0 Å². The Morgan fingerprint density at radius 2 is 2.00 bits per heavy atom. The van der Waals surface area contributed by atoms with E-state index in [9.17, 15) is 4.79 Å². The van der Waals surface area contributed by atoms with Crippen molar-refractivity contribution in [2.24, 2.45) is 0 Å². The van der Waals surface area contributed by atoms with Crippen molar-refractivity contribution in [3.05, 3.63) is 48.1 Å². The minimum atomic E-state index is -0.993. The van der Waals surface area contributed by atoms with Gasteiger partial charge in [-0.2, -0.15) is 0 Å². The lowest BCUT2D eigenvalue weighted by Gasteiger charge is -2.55. The number of ether oxygens (including phenoxy) is 4. The summed E-state index contributed by atoms with van der Waals surface area (Å²) in [6, 6.07) is 7.17. The monoisotopic (exact) mass is 385 g/mol. The van der Waals surface area contributed by atoms with Crippen molar-refractivity contribution >= 4 is 11.6 Å². The molecule has 0 aliphatic carbocycles. The van der Waals surface area contributed by atoms with E-state index < -0.39 is 11.4 Å². The Bertz CT molecular complexity index is 828. The lowest BCUT2D eigenvalue weighted by Crippen LogP contribution is -2.78. The van der Waals surface area contributed by atoms with Gasteiger partial charge in [-0.3, -0.25) is 9.69 Å². The molecule has 28 heavy (non-hydrogen) atoms. The first-order chi connectivity index (χ1) is 13.3. The van der Waals surface area contributed by atoms with Crippen molar-refractivity contribution in [3.8, 4) is 5.75 Å². The molecule has 0 radical (unpaired) electrons.